The molecule has 1 aromatic heterocycles. The zero-order valence-corrected chi connectivity index (χ0v) is 10.7. The van der Waals surface area contributed by atoms with Crippen LogP contribution in [0.4, 0.5) is 0 Å². The quantitative estimate of drug-likeness (QED) is 0.899. The van der Waals surface area contributed by atoms with E-state index in [4.69, 9.17) is 4.42 Å². The van der Waals surface area contributed by atoms with Gasteiger partial charge in [-0.1, -0.05) is 25.0 Å². The molecule has 94 valence electrons. The molecule has 1 fully saturated rings. The maximum Gasteiger partial charge on any atom is 0.287 e. The van der Waals surface area contributed by atoms with E-state index >= 15 is 0 Å². The lowest BCUT2D eigenvalue weighted by Crippen LogP contribution is -2.26. The number of carbonyl (C=O) groups excluding carboxylic acids is 1. The van der Waals surface area contributed by atoms with Crippen LogP contribution in [0.25, 0.3) is 11.0 Å². The summed E-state index contributed by atoms with van der Waals surface area (Å²) in [6, 6.07) is 8.09. The van der Waals surface area contributed by atoms with Crippen LogP contribution in [0, 0.1) is 12.8 Å². The van der Waals surface area contributed by atoms with Gasteiger partial charge in [-0.25, -0.2) is 0 Å². The van der Waals surface area contributed by atoms with Crippen LogP contribution in [0.3, 0.4) is 0 Å². The van der Waals surface area contributed by atoms with Crippen molar-refractivity contribution in [3.05, 3.63) is 35.6 Å². The molecule has 2 aromatic rings. The predicted molar refractivity (Wildman–Crippen MR) is 70.6 cm³/mol. The Morgan fingerprint density at radius 2 is 2.28 bits per heavy atom. The highest BCUT2D eigenvalue weighted by molar-refractivity contribution is 5.96. The molecule has 0 spiro atoms. The van der Waals surface area contributed by atoms with Gasteiger partial charge in [-0.3, -0.25) is 4.79 Å². The first-order valence-corrected chi connectivity index (χ1v) is 6.48. The zero-order chi connectivity index (χ0) is 12.7. The number of amides is 1. The second kappa shape index (κ2) is 4.16. The van der Waals surface area contributed by atoms with Crippen molar-refractivity contribution in [3.63, 3.8) is 0 Å². The Hall–Kier alpha value is -1.77. The first-order valence-electron chi connectivity index (χ1n) is 6.48. The third kappa shape index (κ3) is 2.01. The lowest BCUT2D eigenvalue weighted by Gasteiger charge is -2.00. The van der Waals surface area contributed by atoms with Crippen molar-refractivity contribution in [2.75, 3.05) is 0 Å². The van der Waals surface area contributed by atoms with Gasteiger partial charge >= 0.3 is 0 Å². The summed E-state index contributed by atoms with van der Waals surface area (Å²) in [6.45, 7) is 4.18. The Labute approximate surface area is 106 Å². The minimum Gasteiger partial charge on any atom is -0.451 e. The molecule has 1 heterocycles. The molecular formula is C15H17NO2. The smallest absolute Gasteiger partial charge is 0.287 e. The number of furan rings is 1. The number of aryl methyl sites for hydroxylation is 1. The van der Waals surface area contributed by atoms with Crippen LogP contribution in [-0.2, 0) is 0 Å². The summed E-state index contributed by atoms with van der Waals surface area (Å²) in [6.07, 6.45) is 2.23. The highest BCUT2D eigenvalue weighted by Gasteiger charge is 2.37. The summed E-state index contributed by atoms with van der Waals surface area (Å²) in [5, 5.41) is 4.00. The third-order valence-electron chi connectivity index (χ3n) is 3.66. The summed E-state index contributed by atoms with van der Waals surface area (Å²) in [5.74, 6) is 0.975. The monoisotopic (exact) mass is 243 g/mol. The van der Waals surface area contributed by atoms with Crippen molar-refractivity contribution in [2.45, 2.75) is 32.7 Å². The Kier molecular flexibility index (Phi) is 2.62. The maximum absolute atomic E-state index is 12.0. The Bertz CT molecular complexity index is 600. The van der Waals surface area contributed by atoms with Crippen molar-refractivity contribution >= 4 is 16.9 Å². The molecule has 3 rings (SSSR count). The molecule has 2 atom stereocenters. The average Bonchev–Trinajstić information content (AvgIpc) is 2.96. The van der Waals surface area contributed by atoms with Gasteiger partial charge < -0.3 is 9.73 Å². The largest absolute Gasteiger partial charge is 0.451 e. The van der Waals surface area contributed by atoms with Gasteiger partial charge in [-0.2, -0.15) is 0 Å². The fourth-order valence-electron chi connectivity index (χ4n) is 2.39. The van der Waals surface area contributed by atoms with Crippen LogP contribution in [0.5, 0.6) is 0 Å². The Morgan fingerprint density at radius 1 is 1.44 bits per heavy atom. The van der Waals surface area contributed by atoms with Crippen molar-refractivity contribution < 1.29 is 9.21 Å². The van der Waals surface area contributed by atoms with E-state index in [0.717, 1.165) is 23.8 Å². The molecule has 1 N–H and O–H groups in total. The van der Waals surface area contributed by atoms with E-state index in [9.17, 15) is 4.79 Å². The molecule has 3 nitrogen and oxygen atoms in total. The summed E-state index contributed by atoms with van der Waals surface area (Å²) < 4.78 is 5.57. The molecule has 1 saturated carbocycles. The highest BCUT2D eigenvalue weighted by atomic mass is 16.3. The van der Waals surface area contributed by atoms with Gasteiger partial charge in [0.15, 0.2) is 5.76 Å². The number of benzene rings is 1. The van der Waals surface area contributed by atoms with Gasteiger partial charge in [0.1, 0.15) is 5.58 Å². The second-order valence-electron chi connectivity index (χ2n) is 5.14. The van der Waals surface area contributed by atoms with Gasteiger partial charge in [0.05, 0.1) is 0 Å². The summed E-state index contributed by atoms with van der Waals surface area (Å²) in [7, 11) is 0. The van der Waals surface area contributed by atoms with Crippen molar-refractivity contribution in [2.24, 2.45) is 5.92 Å². The number of hydrogen-bond acceptors (Lipinski definition) is 2. The van der Waals surface area contributed by atoms with Gasteiger partial charge in [0.25, 0.3) is 5.91 Å². The fourth-order valence-corrected chi connectivity index (χ4v) is 2.39. The van der Waals surface area contributed by atoms with Crippen LogP contribution in [0.2, 0.25) is 0 Å². The molecule has 0 unspecified atom stereocenters. The van der Waals surface area contributed by atoms with E-state index in [2.05, 4.69) is 12.2 Å². The third-order valence-corrected chi connectivity index (χ3v) is 3.66. The van der Waals surface area contributed by atoms with Crippen LogP contribution < -0.4 is 5.32 Å². The molecule has 1 aliphatic carbocycles. The van der Waals surface area contributed by atoms with Crippen LogP contribution in [-0.4, -0.2) is 11.9 Å². The zero-order valence-electron chi connectivity index (χ0n) is 10.7. The molecule has 1 aromatic carbocycles. The van der Waals surface area contributed by atoms with Gasteiger partial charge in [0.2, 0.25) is 0 Å². The van der Waals surface area contributed by atoms with E-state index in [0.29, 0.717) is 17.7 Å². The molecule has 0 radical (unpaired) electrons. The van der Waals surface area contributed by atoms with Crippen LogP contribution in [0.1, 0.15) is 35.9 Å². The van der Waals surface area contributed by atoms with Gasteiger partial charge in [0, 0.05) is 11.4 Å². The maximum atomic E-state index is 12.0. The molecule has 0 aliphatic heterocycles. The predicted octanol–water partition coefficient (Wildman–Crippen LogP) is 3.27. The highest BCUT2D eigenvalue weighted by Crippen LogP contribution is 2.33. The lowest BCUT2D eigenvalue weighted by molar-refractivity contribution is 0.0923. The minimum absolute atomic E-state index is 0.0928. The first-order chi connectivity index (χ1) is 8.67. The number of nitrogens with one attached hydrogen (secondary N) is 1. The van der Waals surface area contributed by atoms with E-state index < -0.39 is 0 Å². The normalized spacial score (nSPS) is 22.1. The average molecular weight is 243 g/mol. The van der Waals surface area contributed by atoms with E-state index in [1.54, 1.807) is 0 Å². The second-order valence-corrected chi connectivity index (χ2v) is 5.14. The summed E-state index contributed by atoms with van der Waals surface area (Å²) in [4.78, 5) is 12.0. The number of hydrogen-bond donors (Lipinski definition) is 1. The van der Waals surface area contributed by atoms with Crippen LogP contribution in [0.15, 0.2) is 28.7 Å². The molecule has 0 saturated heterocycles. The Balaban J connectivity index is 1.79. The van der Waals surface area contributed by atoms with E-state index in [1.807, 2.05) is 31.2 Å². The topological polar surface area (TPSA) is 42.2 Å². The van der Waals surface area contributed by atoms with Crippen molar-refractivity contribution in [3.8, 4) is 0 Å². The first kappa shape index (κ1) is 11.3. The molecule has 0 bridgehead atoms. The fraction of sp³-hybridized carbons (Fsp3) is 0.400. The molecule has 18 heavy (non-hydrogen) atoms. The summed E-state index contributed by atoms with van der Waals surface area (Å²) >= 11 is 0. The van der Waals surface area contributed by atoms with E-state index in [1.165, 1.54) is 5.56 Å². The summed E-state index contributed by atoms with van der Waals surface area (Å²) in [5.41, 5.74) is 1.94. The molecule has 1 aliphatic rings. The molecule has 3 heteroatoms. The van der Waals surface area contributed by atoms with Crippen molar-refractivity contribution in [1.29, 1.82) is 0 Å². The molecular weight excluding hydrogens is 226 g/mol. The van der Waals surface area contributed by atoms with Gasteiger partial charge in [-0.15, -0.1) is 0 Å². The SMILES string of the molecule is CC[C@@H]1C[C@@H]1NC(=O)c1cc2cc(C)ccc2o1. The number of fused-ring (bicyclic) bond motifs is 1. The number of carbonyl (C=O) groups is 1. The molecule has 1 amide bonds. The standard InChI is InChI=1S/C15H17NO2/c1-3-10-7-12(10)16-15(17)14-8-11-6-9(2)4-5-13(11)18-14/h4-6,8,10,12H,3,7H2,1-2H3,(H,16,17)/t10-,12+/m1/s1. The van der Waals surface area contributed by atoms with Crippen LogP contribution >= 0.6 is 0 Å². The minimum atomic E-state index is -0.0928. The number of rotatable bonds is 3. The van der Waals surface area contributed by atoms with Crippen molar-refractivity contribution in [1.82, 2.24) is 5.32 Å². The Morgan fingerprint density at radius 3 is 3.00 bits per heavy atom. The van der Waals surface area contributed by atoms with Gasteiger partial charge in [-0.05, 0) is 37.5 Å². The lowest BCUT2D eigenvalue weighted by atomic mass is 10.2. The van der Waals surface area contributed by atoms with E-state index in [-0.39, 0.29) is 5.91 Å².